The average molecular weight is 279 g/mol. The quantitative estimate of drug-likeness (QED) is 0.720. The highest BCUT2D eigenvalue weighted by Gasteiger charge is 2.24. The van der Waals surface area contributed by atoms with Crippen LogP contribution in [0.2, 0.25) is 0 Å². The van der Waals surface area contributed by atoms with Crippen molar-refractivity contribution in [3.8, 4) is 0 Å². The van der Waals surface area contributed by atoms with Crippen molar-refractivity contribution in [2.24, 2.45) is 17.3 Å². The summed E-state index contributed by atoms with van der Waals surface area (Å²) < 4.78 is 11.1. The van der Waals surface area contributed by atoms with Crippen LogP contribution in [0, 0.1) is 17.3 Å². The van der Waals surface area contributed by atoms with Gasteiger partial charge in [-0.05, 0) is 17.8 Å². The number of halogens is 1. The minimum absolute atomic E-state index is 0.315. The Balaban J connectivity index is 2.16. The van der Waals surface area contributed by atoms with Gasteiger partial charge < -0.3 is 9.47 Å². The molecule has 0 amide bonds. The van der Waals surface area contributed by atoms with Crippen molar-refractivity contribution in [1.29, 1.82) is 0 Å². The highest BCUT2D eigenvalue weighted by molar-refractivity contribution is 9.09. The van der Waals surface area contributed by atoms with Crippen LogP contribution in [0.3, 0.4) is 0 Å². The molecule has 2 unspecified atom stereocenters. The molecular formula is C12H23BrO2. The second-order valence-corrected chi connectivity index (χ2v) is 6.13. The van der Waals surface area contributed by atoms with E-state index >= 15 is 0 Å². The fraction of sp³-hybridized carbons (Fsp3) is 1.00. The Morgan fingerprint density at radius 1 is 1.47 bits per heavy atom. The maximum atomic E-state index is 5.79. The monoisotopic (exact) mass is 278 g/mol. The van der Waals surface area contributed by atoms with Crippen molar-refractivity contribution in [3.63, 3.8) is 0 Å². The van der Waals surface area contributed by atoms with Crippen molar-refractivity contribution in [3.05, 3.63) is 0 Å². The molecule has 1 fully saturated rings. The first-order valence-electron chi connectivity index (χ1n) is 5.75. The van der Waals surface area contributed by atoms with E-state index in [2.05, 4.69) is 36.7 Å². The summed E-state index contributed by atoms with van der Waals surface area (Å²) in [4.78, 5) is 0. The van der Waals surface area contributed by atoms with E-state index in [4.69, 9.17) is 9.47 Å². The van der Waals surface area contributed by atoms with Crippen LogP contribution in [0.1, 0.15) is 27.2 Å². The number of ether oxygens (including phenoxy) is 2. The highest BCUT2D eigenvalue weighted by Crippen LogP contribution is 2.28. The van der Waals surface area contributed by atoms with E-state index in [0.29, 0.717) is 17.3 Å². The van der Waals surface area contributed by atoms with E-state index in [-0.39, 0.29) is 0 Å². The Bertz CT molecular complexity index is 171. The fourth-order valence-electron chi connectivity index (χ4n) is 1.62. The van der Waals surface area contributed by atoms with E-state index in [1.165, 1.54) is 0 Å². The summed E-state index contributed by atoms with van der Waals surface area (Å²) in [5.41, 5.74) is 0.315. The van der Waals surface area contributed by atoms with Crippen molar-refractivity contribution in [1.82, 2.24) is 0 Å². The second-order valence-electron chi connectivity index (χ2n) is 5.48. The summed E-state index contributed by atoms with van der Waals surface area (Å²) in [6.45, 7) is 10.3. The molecule has 1 rings (SSSR count). The smallest absolute Gasteiger partial charge is 0.0517 e. The molecule has 0 spiro atoms. The summed E-state index contributed by atoms with van der Waals surface area (Å²) in [5.74, 6) is 1.21. The van der Waals surface area contributed by atoms with Gasteiger partial charge in [-0.2, -0.15) is 0 Å². The summed E-state index contributed by atoms with van der Waals surface area (Å²) in [6, 6.07) is 0. The molecule has 2 nitrogen and oxygen atoms in total. The van der Waals surface area contributed by atoms with Gasteiger partial charge in [-0.15, -0.1) is 0 Å². The topological polar surface area (TPSA) is 18.5 Å². The first-order valence-corrected chi connectivity index (χ1v) is 6.87. The molecule has 1 saturated heterocycles. The third kappa shape index (κ3) is 4.83. The molecule has 1 aliphatic heterocycles. The van der Waals surface area contributed by atoms with Gasteiger partial charge in [0.2, 0.25) is 0 Å². The zero-order valence-electron chi connectivity index (χ0n) is 10.1. The van der Waals surface area contributed by atoms with Gasteiger partial charge in [0.05, 0.1) is 19.8 Å². The van der Waals surface area contributed by atoms with E-state index in [1.807, 2.05) is 0 Å². The lowest BCUT2D eigenvalue weighted by atomic mass is 9.83. The molecule has 0 saturated carbocycles. The van der Waals surface area contributed by atoms with Gasteiger partial charge in [-0.25, -0.2) is 0 Å². The normalized spacial score (nSPS) is 24.4. The van der Waals surface area contributed by atoms with E-state index in [0.717, 1.165) is 38.2 Å². The molecule has 90 valence electrons. The van der Waals surface area contributed by atoms with Crippen molar-refractivity contribution >= 4 is 15.9 Å². The molecule has 2 atom stereocenters. The van der Waals surface area contributed by atoms with Crippen LogP contribution >= 0.6 is 15.9 Å². The minimum Gasteiger partial charge on any atom is -0.381 e. The SMILES string of the molecule is CC(C)(C)C(CBr)COCC1CCOC1. The van der Waals surface area contributed by atoms with Crippen LogP contribution in [0.5, 0.6) is 0 Å². The molecule has 3 heteroatoms. The fourth-order valence-corrected chi connectivity index (χ4v) is 2.78. The lowest BCUT2D eigenvalue weighted by Gasteiger charge is -2.29. The molecule has 15 heavy (non-hydrogen) atoms. The van der Waals surface area contributed by atoms with Crippen LogP contribution in [0.4, 0.5) is 0 Å². The molecule has 0 aromatic heterocycles. The first-order chi connectivity index (χ1) is 7.04. The van der Waals surface area contributed by atoms with Crippen LogP contribution in [-0.2, 0) is 9.47 Å². The van der Waals surface area contributed by atoms with Crippen molar-refractivity contribution < 1.29 is 9.47 Å². The van der Waals surface area contributed by atoms with Gasteiger partial charge >= 0.3 is 0 Å². The predicted octanol–water partition coefficient (Wildman–Crippen LogP) is 3.10. The zero-order valence-corrected chi connectivity index (χ0v) is 11.7. The molecule has 0 radical (unpaired) electrons. The molecule has 0 aromatic carbocycles. The van der Waals surface area contributed by atoms with E-state index in [1.54, 1.807) is 0 Å². The Morgan fingerprint density at radius 3 is 2.67 bits per heavy atom. The van der Waals surface area contributed by atoms with Gasteiger partial charge in [-0.1, -0.05) is 36.7 Å². The zero-order chi connectivity index (χ0) is 11.3. The lowest BCUT2D eigenvalue weighted by molar-refractivity contribution is 0.0423. The largest absolute Gasteiger partial charge is 0.381 e. The van der Waals surface area contributed by atoms with Gasteiger partial charge in [0.1, 0.15) is 0 Å². The summed E-state index contributed by atoms with van der Waals surface area (Å²) in [7, 11) is 0. The summed E-state index contributed by atoms with van der Waals surface area (Å²) >= 11 is 3.56. The van der Waals surface area contributed by atoms with Gasteiger partial charge in [0.15, 0.2) is 0 Å². The molecule has 0 aliphatic carbocycles. The molecule has 1 heterocycles. The van der Waals surface area contributed by atoms with Crippen LogP contribution in [0.15, 0.2) is 0 Å². The second kappa shape index (κ2) is 6.21. The maximum absolute atomic E-state index is 5.79. The molecular weight excluding hydrogens is 256 g/mol. The number of hydrogen-bond donors (Lipinski definition) is 0. The molecule has 0 N–H and O–H groups in total. The maximum Gasteiger partial charge on any atom is 0.0517 e. The third-order valence-electron chi connectivity index (χ3n) is 3.11. The Hall–Kier alpha value is 0.400. The standard InChI is InChI=1S/C12H23BrO2/c1-12(2,3)11(6-13)9-15-8-10-4-5-14-7-10/h10-11H,4-9H2,1-3H3. The van der Waals surface area contributed by atoms with Gasteiger partial charge in [0, 0.05) is 17.9 Å². The van der Waals surface area contributed by atoms with Crippen LogP contribution in [-0.4, -0.2) is 31.8 Å². The number of rotatable bonds is 5. The van der Waals surface area contributed by atoms with E-state index < -0.39 is 0 Å². The summed E-state index contributed by atoms with van der Waals surface area (Å²) in [5, 5.41) is 1.01. The highest BCUT2D eigenvalue weighted by atomic mass is 79.9. The molecule has 1 aliphatic rings. The Labute approximate surface area is 102 Å². The van der Waals surface area contributed by atoms with Crippen LogP contribution in [0.25, 0.3) is 0 Å². The lowest BCUT2D eigenvalue weighted by Crippen LogP contribution is -2.27. The molecule has 0 aromatic rings. The Morgan fingerprint density at radius 2 is 2.20 bits per heavy atom. The molecule has 0 bridgehead atoms. The third-order valence-corrected chi connectivity index (χ3v) is 3.89. The average Bonchev–Trinajstić information content (AvgIpc) is 2.62. The summed E-state index contributed by atoms with van der Waals surface area (Å²) in [6.07, 6.45) is 1.16. The number of hydrogen-bond acceptors (Lipinski definition) is 2. The van der Waals surface area contributed by atoms with Crippen molar-refractivity contribution in [2.75, 3.05) is 31.8 Å². The van der Waals surface area contributed by atoms with Crippen molar-refractivity contribution in [2.45, 2.75) is 27.2 Å². The first kappa shape index (κ1) is 13.5. The van der Waals surface area contributed by atoms with Gasteiger partial charge in [-0.3, -0.25) is 0 Å². The van der Waals surface area contributed by atoms with Gasteiger partial charge in [0.25, 0.3) is 0 Å². The minimum atomic E-state index is 0.315. The number of alkyl halides is 1. The van der Waals surface area contributed by atoms with Crippen LogP contribution < -0.4 is 0 Å². The van der Waals surface area contributed by atoms with E-state index in [9.17, 15) is 0 Å². The Kier molecular flexibility index (Phi) is 5.58. The predicted molar refractivity (Wildman–Crippen MR) is 66.5 cm³/mol.